The zero-order chi connectivity index (χ0) is 22.2. The van der Waals surface area contributed by atoms with Crippen molar-refractivity contribution in [1.29, 1.82) is 0 Å². The van der Waals surface area contributed by atoms with Crippen LogP contribution in [0.2, 0.25) is 0 Å². The molecule has 6 nitrogen and oxygen atoms in total. The van der Waals surface area contributed by atoms with Crippen molar-refractivity contribution in [1.82, 2.24) is 0 Å². The summed E-state index contributed by atoms with van der Waals surface area (Å²) in [6.07, 6.45) is 1.34. The molecule has 1 heterocycles. The largest absolute Gasteiger partial charge is 0.280 e. The highest BCUT2D eigenvalue weighted by molar-refractivity contribution is 7.93. The molecular formula is C23H24N2O4S2. The second kappa shape index (κ2) is 8.01. The first-order valence-electron chi connectivity index (χ1n) is 9.99. The molecule has 1 aliphatic heterocycles. The minimum Gasteiger partial charge on any atom is -0.280 e. The fourth-order valence-corrected chi connectivity index (χ4v) is 6.39. The first kappa shape index (κ1) is 21.4. The van der Waals surface area contributed by atoms with E-state index in [0.717, 1.165) is 16.7 Å². The third-order valence-corrected chi connectivity index (χ3v) is 8.73. The van der Waals surface area contributed by atoms with Gasteiger partial charge in [0.2, 0.25) is 0 Å². The molecule has 0 amide bonds. The van der Waals surface area contributed by atoms with Gasteiger partial charge in [0, 0.05) is 12.2 Å². The minimum absolute atomic E-state index is 0.196. The highest BCUT2D eigenvalue weighted by Gasteiger charge is 2.29. The number of nitrogens with one attached hydrogen (secondary N) is 1. The van der Waals surface area contributed by atoms with Crippen molar-refractivity contribution in [2.45, 2.75) is 36.5 Å². The van der Waals surface area contributed by atoms with Gasteiger partial charge in [0.05, 0.1) is 15.5 Å². The lowest BCUT2D eigenvalue weighted by Gasteiger charge is -2.31. The van der Waals surface area contributed by atoms with Crippen molar-refractivity contribution in [3.63, 3.8) is 0 Å². The molecule has 3 aromatic rings. The Bertz CT molecular complexity index is 1340. The molecule has 1 N–H and O–H groups in total. The van der Waals surface area contributed by atoms with Gasteiger partial charge >= 0.3 is 0 Å². The van der Waals surface area contributed by atoms with Gasteiger partial charge in [-0.1, -0.05) is 24.3 Å². The summed E-state index contributed by atoms with van der Waals surface area (Å²) in [7, 11) is -7.43. The van der Waals surface area contributed by atoms with Crippen LogP contribution in [0, 0.1) is 13.8 Å². The van der Waals surface area contributed by atoms with Gasteiger partial charge in [-0.25, -0.2) is 16.8 Å². The molecule has 8 heteroatoms. The maximum Gasteiger partial charge on any atom is 0.264 e. The van der Waals surface area contributed by atoms with Crippen molar-refractivity contribution >= 4 is 31.4 Å². The molecule has 0 fully saturated rings. The number of anilines is 2. The van der Waals surface area contributed by atoms with Crippen molar-refractivity contribution < 1.29 is 16.8 Å². The lowest BCUT2D eigenvalue weighted by molar-refractivity contribution is 0.586. The first-order valence-corrected chi connectivity index (χ1v) is 12.9. The van der Waals surface area contributed by atoms with Crippen LogP contribution in [-0.2, 0) is 26.5 Å². The van der Waals surface area contributed by atoms with E-state index in [1.165, 1.54) is 4.31 Å². The van der Waals surface area contributed by atoms with Gasteiger partial charge in [-0.2, -0.15) is 0 Å². The summed E-state index contributed by atoms with van der Waals surface area (Å²) in [5.74, 6) is 0. The fraction of sp³-hybridized carbons (Fsp3) is 0.217. The van der Waals surface area contributed by atoms with Crippen molar-refractivity contribution in [3.05, 3.63) is 83.4 Å². The molecule has 0 atom stereocenters. The Kier molecular flexibility index (Phi) is 5.53. The Morgan fingerprint density at radius 3 is 2.26 bits per heavy atom. The van der Waals surface area contributed by atoms with E-state index in [4.69, 9.17) is 0 Å². The Morgan fingerprint density at radius 2 is 1.55 bits per heavy atom. The molecule has 162 valence electrons. The summed E-state index contributed by atoms with van der Waals surface area (Å²) in [6, 6.07) is 18.3. The smallest absolute Gasteiger partial charge is 0.264 e. The van der Waals surface area contributed by atoms with E-state index in [1.54, 1.807) is 66.7 Å². The van der Waals surface area contributed by atoms with E-state index in [9.17, 15) is 16.8 Å². The molecule has 0 saturated heterocycles. The minimum atomic E-state index is -3.75. The third-order valence-electron chi connectivity index (χ3n) is 5.53. The van der Waals surface area contributed by atoms with Crippen LogP contribution in [0.1, 0.15) is 23.1 Å². The SMILES string of the molecule is Cc1ccc(S(=O)(=O)Nc2ccc3c(c2)CCCN3S(=O)(=O)c2ccccc2)cc1C. The Labute approximate surface area is 183 Å². The summed E-state index contributed by atoms with van der Waals surface area (Å²) in [5, 5.41) is 0. The second-order valence-corrected chi connectivity index (χ2v) is 11.2. The molecule has 0 bridgehead atoms. The first-order chi connectivity index (χ1) is 14.7. The van der Waals surface area contributed by atoms with E-state index in [1.807, 2.05) is 13.8 Å². The maximum absolute atomic E-state index is 13.1. The van der Waals surface area contributed by atoms with E-state index < -0.39 is 20.0 Å². The van der Waals surface area contributed by atoms with Crippen LogP contribution < -0.4 is 9.03 Å². The molecule has 0 saturated carbocycles. The van der Waals surface area contributed by atoms with Crippen LogP contribution in [0.4, 0.5) is 11.4 Å². The molecule has 0 aliphatic carbocycles. The van der Waals surface area contributed by atoms with Gasteiger partial charge in [0.15, 0.2) is 0 Å². The highest BCUT2D eigenvalue weighted by Crippen LogP contribution is 2.34. The zero-order valence-electron chi connectivity index (χ0n) is 17.4. The summed E-state index contributed by atoms with van der Waals surface area (Å²) in [4.78, 5) is 0.434. The number of aryl methyl sites for hydroxylation is 3. The molecule has 31 heavy (non-hydrogen) atoms. The molecule has 0 radical (unpaired) electrons. The lowest BCUT2D eigenvalue weighted by Crippen LogP contribution is -2.35. The summed E-state index contributed by atoms with van der Waals surface area (Å²) in [5.41, 5.74) is 3.72. The highest BCUT2D eigenvalue weighted by atomic mass is 32.2. The van der Waals surface area contributed by atoms with E-state index in [0.29, 0.717) is 30.8 Å². The van der Waals surface area contributed by atoms with Crippen LogP contribution in [0.3, 0.4) is 0 Å². The lowest BCUT2D eigenvalue weighted by atomic mass is 10.0. The summed E-state index contributed by atoms with van der Waals surface area (Å²) in [6.45, 7) is 4.19. The molecule has 1 aliphatic rings. The summed E-state index contributed by atoms with van der Waals surface area (Å²) < 4.78 is 55.9. The van der Waals surface area contributed by atoms with Crippen LogP contribution in [0.15, 0.2) is 76.5 Å². The van der Waals surface area contributed by atoms with Crippen LogP contribution in [0.25, 0.3) is 0 Å². The van der Waals surface area contributed by atoms with Crippen molar-refractivity contribution in [2.24, 2.45) is 0 Å². The number of hydrogen-bond acceptors (Lipinski definition) is 4. The van der Waals surface area contributed by atoms with Gasteiger partial charge in [-0.15, -0.1) is 0 Å². The Morgan fingerprint density at radius 1 is 0.806 bits per heavy atom. The van der Waals surface area contributed by atoms with E-state index in [2.05, 4.69) is 4.72 Å². The molecule has 3 aromatic carbocycles. The monoisotopic (exact) mass is 456 g/mol. The van der Waals surface area contributed by atoms with Crippen LogP contribution >= 0.6 is 0 Å². The number of nitrogens with zero attached hydrogens (tertiary/aromatic N) is 1. The number of rotatable bonds is 5. The predicted molar refractivity (Wildman–Crippen MR) is 122 cm³/mol. The number of sulfonamides is 2. The van der Waals surface area contributed by atoms with Crippen molar-refractivity contribution in [2.75, 3.05) is 15.6 Å². The number of hydrogen-bond donors (Lipinski definition) is 1. The second-order valence-electron chi connectivity index (χ2n) is 7.69. The van der Waals surface area contributed by atoms with Crippen LogP contribution in [0.5, 0.6) is 0 Å². The molecule has 4 rings (SSSR count). The normalized spacial score (nSPS) is 14.2. The van der Waals surface area contributed by atoms with Gasteiger partial charge in [0.1, 0.15) is 0 Å². The average molecular weight is 457 g/mol. The summed E-state index contributed by atoms with van der Waals surface area (Å²) >= 11 is 0. The number of fused-ring (bicyclic) bond motifs is 1. The standard InChI is InChI=1S/C23H24N2O4S2/c1-17-10-12-22(15-18(17)2)30(26,27)24-20-11-13-23-19(16-20)7-6-14-25(23)31(28,29)21-8-4-3-5-9-21/h3-5,8-13,15-16,24H,6-7,14H2,1-2H3. The van der Waals surface area contributed by atoms with Crippen LogP contribution in [-0.4, -0.2) is 23.4 Å². The predicted octanol–water partition coefficient (Wildman–Crippen LogP) is 4.25. The van der Waals surface area contributed by atoms with Gasteiger partial charge < -0.3 is 0 Å². The molecule has 0 aromatic heterocycles. The maximum atomic E-state index is 13.1. The van der Waals surface area contributed by atoms with Crippen molar-refractivity contribution in [3.8, 4) is 0 Å². The van der Waals surface area contributed by atoms with E-state index in [-0.39, 0.29) is 9.79 Å². The third kappa shape index (κ3) is 4.18. The topological polar surface area (TPSA) is 83.6 Å². The quantitative estimate of drug-likeness (QED) is 0.622. The van der Waals surface area contributed by atoms with E-state index >= 15 is 0 Å². The van der Waals surface area contributed by atoms with Gasteiger partial charge in [-0.05, 0) is 85.8 Å². The fourth-order valence-electron chi connectivity index (χ4n) is 3.69. The molecule has 0 spiro atoms. The Balaban J connectivity index is 1.65. The molecule has 0 unspecified atom stereocenters. The van der Waals surface area contributed by atoms with Gasteiger partial charge in [-0.3, -0.25) is 9.03 Å². The van der Waals surface area contributed by atoms with Gasteiger partial charge in [0.25, 0.3) is 20.0 Å². The average Bonchev–Trinajstić information content (AvgIpc) is 2.75. The zero-order valence-corrected chi connectivity index (χ0v) is 19.0. The molecular weight excluding hydrogens is 432 g/mol. The Hall–Kier alpha value is -2.84. The number of benzene rings is 3.